The molecular weight excluding hydrogens is 545 g/mol. The molecule has 0 aromatic heterocycles. The average molecular weight is 567 g/mol. The van der Waals surface area contributed by atoms with Crippen LogP contribution in [-0.4, -0.2) is 35.1 Å². The number of fused-ring (bicyclic) bond motifs is 7. The first-order chi connectivity index (χ1) is 18.2. The lowest BCUT2D eigenvalue weighted by Gasteiger charge is -2.43. The number of amides is 2. The first kappa shape index (κ1) is 24.2. The Kier molecular flexibility index (Phi) is 5.12. The molecule has 4 atom stereocenters. The van der Waals surface area contributed by atoms with Gasteiger partial charge in [-0.3, -0.25) is 19.3 Å². The fraction of sp³-hybridized carbons (Fsp3) is 0.276. The number of nitrogens with one attached hydrogen (secondary N) is 2. The van der Waals surface area contributed by atoms with Crippen molar-refractivity contribution in [1.29, 1.82) is 0 Å². The van der Waals surface area contributed by atoms with Crippen molar-refractivity contribution in [3.8, 4) is 0 Å². The van der Waals surface area contributed by atoms with Crippen LogP contribution < -0.4 is 10.6 Å². The molecule has 3 aromatic carbocycles. The van der Waals surface area contributed by atoms with Crippen LogP contribution in [0.1, 0.15) is 39.9 Å². The largest absolute Gasteiger partial charge is 0.325 e. The number of benzene rings is 3. The maximum atomic E-state index is 14.6. The molecule has 2 fully saturated rings. The van der Waals surface area contributed by atoms with E-state index in [-0.39, 0.29) is 34.2 Å². The Bertz CT molecular complexity index is 1610. The van der Waals surface area contributed by atoms with Gasteiger partial charge in [0, 0.05) is 27.9 Å². The van der Waals surface area contributed by atoms with Crippen LogP contribution in [-0.2, 0) is 20.5 Å². The van der Waals surface area contributed by atoms with E-state index in [0.717, 1.165) is 12.0 Å². The molecule has 0 radical (unpaired) electrons. The summed E-state index contributed by atoms with van der Waals surface area (Å²) in [5, 5.41) is 7.06. The van der Waals surface area contributed by atoms with Gasteiger partial charge in [-0.25, -0.2) is 0 Å². The molecule has 2 saturated heterocycles. The number of carbonyl (C=O) groups excluding carboxylic acids is 3. The molecule has 7 rings (SSSR count). The number of para-hydroxylation sites is 1. The van der Waals surface area contributed by atoms with Crippen LogP contribution in [0.4, 0.5) is 11.4 Å². The van der Waals surface area contributed by atoms with Crippen molar-refractivity contribution >= 4 is 63.8 Å². The highest BCUT2D eigenvalue weighted by Crippen LogP contribution is 2.68. The summed E-state index contributed by atoms with van der Waals surface area (Å²) < 4.78 is 0. The van der Waals surface area contributed by atoms with E-state index in [1.165, 1.54) is 6.07 Å². The fourth-order valence-corrected chi connectivity index (χ4v) is 8.45. The molecule has 9 heteroatoms. The first-order valence-electron chi connectivity index (χ1n) is 12.5. The van der Waals surface area contributed by atoms with Crippen LogP contribution in [0, 0.1) is 12.8 Å². The van der Waals surface area contributed by atoms with Crippen LogP contribution in [0.15, 0.2) is 54.6 Å². The number of Topliss-reactive ketones (excluding diaryl/α,β-unsaturated/α-hetero) is 1. The molecule has 0 saturated carbocycles. The maximum Gasteiger partial charge on any atom is 0.251 e. The summed E-state index contributed by atoms with van der Waals surface area (Å²) in [5.41, 5.74) is 0.448. The van der Waals surface area contributed by atoms with Crippen molar-refractivity contribution in [2.75, 3.05) is 17.2 Å². The van der Waals surface area contributed by atoms with Crippen LogP contribution in [0.25, 0.3) is 0 Å². The summed E-state index contributed by atoms with van der Waals surface area (Å²) in [6.45, 7) is 2.46. The van der Waals surface area contributed by atoms with Crippen molar-refractivity contribution in [2.24, 2.45) is 5.92 Å². The zero-order valence-corrected chi connectivity index (χ0v) is 22.5. The Morgan fingerprint density at radius 2 is 1.74 bits per heavy atom. The van der Waals surface area contributed by atoms with E-state index in [2.05, 4.69) is 15.5 Å². The Balaban J connectivity index is 1.61. The van der Waals surface area contributed by atoms with Crippen molar-refractivity contribution < 1.29 is 14.4 Å². The first-order valence-corrected chi connectivity index (χ1v) is 13.7. The molecular formula is C29H22Cl3N3O3. The molecule has 2 spiro atoms. The highest BCUT2D eigenvalue weighted by atomic mass is 35.5. The minimum Gasteiger partial charge on any atom is -0.325 e. The number of hydrogen-bond donors (Lipinski definition) is 2. The normalized spacial score (nSPS) is 28.9. The van der Waals surface area contributed by atoms with Gasteiger partial charge in [0.25, 0.3) is 5.91 Å². The SMILES string of the molecule is Cc1cc(Cl)c2c(c1)[C@]1(C(=O)N2)N2CCC[C@@H]2[C@@H](C(=O)c2ccc(Cl)cc2Cl)[C@@]12C(=O)Nc1ccccc12. The quantitative estimate of drug-likeness (QED) is 0.375. The van der Waals surface area contributed by atoms with E-state index in [1.54, 1.807) is 18.2 Å². The topological polar surface area (TPSA) is 78.5 Å². The lowest BCUT2D eigenvalue weighted by Crippen LogP contribution is -2.62. The Morgan fingerprint density at radius 1 is 0.947 bits per heavy atom. The summed E-state index contributed by atoms with van der Waals surface area (Å²) >= 11 is 19.4. The zero-order valence-electron chi connectivity index (χ0n) is 20.3. The number of ketones is 1. The number of halogens is 3. The van der Waals surface area contributed by atoms with Gasteiger partial charge in [-0.2, -0.15) is 0 Å². The maximum absolute atomic E-state index is 14.6. The third kappa shape index (κ3) is 2.71. The van der Waals surface area contributed by atoms with Gasteiger partial charge in [-0.05, 0) is 67.8 Å². The second-order valence-electron chi connectivity index (χ2n) is 10.5. The van der Waals surface area contributed by atoms with Gasteiger partial charge in [0.2, 0.25) is 5.91 Å². The minimum absolute atomic E-state index is 0.213. The molecule has 192 valence electrons. The number of carbonyl (C=O) groups is 3. The Labute approximate surface area is 234 Å². The number of rotatable bonds is 2. The van der Waals surface area contributed by atoms with Crippen molar-refractivity contribution in [2.45, 2.75) is 36.8 Å². The second kappa shape index (κ2) is 8.06. The lowest BCUT2D eigenvalue weighted by atomic mass is 9.57. The zero-order chi connectivity index (χ0) is 26.6. The fourth-order valence-electron chi connectivity index (χ4n) is 7.63. The van der Waals surface area contributed by atoms with Gasteiger partial charge in [0.15, 0.2) is 5.78 Å². The van der Waals surface area contributed by atoms with Crippen LogP contribution >= 0.6 is 34.8 Å². The van der Waals surface area contributed by atoms with E-state index in [1.807, 2.05) is 37.3 Å². The van der Waals surface area contributed by atoms with E-state index in [0.29, 0.717) is 45.5 Å². The molecule has 2 amide bonds. The molecule has 4 aliphatic rings. The van der Waals surface area contributed by atoms with Crippen molar-refractivity contribution in [1.82, 2.24) is 4.90 Å². The van der Waals surface area contributed by atoms with Gasteiger partial charge >= 0.3 is 0 Å². The summed E-state index contributed by atoms with van der Waals surface area (Å²) in [5.74, 6) is -1.90. The second-order valence-corrected chi connectivity index (χ2v) is 11.8. The van der Waals surface area contributed by atoms with Crippen LogP contribution in [0.3, 0.4) is 0 Å². The molecule has 0 bridgehead atoms. The third-order valence-electron chi connectivity index (χ3n) is 8.78. The summed E-state index contributed by atoms with van der Waals surface area (Å²) in [6.07, 6.45) is 1.44. The molecule has 3 aromatic rings. The predicted molar refractivity (Wildman–Crippen MR) is 147 cm³/mol. The van der Waals surface area contributed by atoms with Gasteiger partial charge < -0.3 is 10.6 Å². The predicted octanol–water partition coefficient (Wildman–Crippen LogP) is 5.97. The van der Waals surface area contributed by atoms with Gasteiger partial charge in [0.1, 0.15) is 11.0 Å². The number of nitrogens with zero attached hydrogens (tertiary/aromatic N) is 1. The Hall–Kier alpha value is -2.90. The number of aryl methyl sites for hydroxylation is 1. The molecule has 0 unspecified atom stereocenters. The average Bonchev–Trinajstić information content (AvgIpc) is 3.58. The highest BCUT2D eigenvalue weighted by molar-refractivity contribution is 6.37. The molecule has 4 aliphatic heterocycles. The minimum atomic E-state index is -1.55. The van der Waals surface area contributed by atoms with Gasteiger partial charge in [-0.15, -0.1) is 0 Å². The lowest BCUT2D eigenvalue weighted by molar-refractivity contribution is -0.137. The highest BCUT2D eigenvalue weighted by Gasteiger charge is 2.81. The van der Waals surface area contributed by atoms with Crippen LogP contribution in [0.5, 0.6) is 0 Å². The van der Waals surface area contributed by atoms with E-state index in [4.69, 9.17) is 34.8 Å². The molecule has 4 heterocycles. The standard InChI is InChI=1S/C29H22Cl3N3O3/c1-14-11-18-24(20(32)12-14)34-27(38)29(18)28(17-5-2-3-6-21(17)33-26(28)37)23(22-7-4-10-35(22)29)25(36)16-9-8-15(30)13-19(16)31/h2-3,5-6,8-9,11-13,22-23H,4,7,10H2,1H3,(H,33,37)(H,34,38)/t22-,23+,28+,29-/m1/s1. The van der Waals surface area contributed by atoms with E-state index >= 15 is 0 Å². The summed E-state index contributed by atoms with van der Waals surface area (Å²) in [6, 6.07) is 15.4. The molecule has 6 nitrogen and oxygen atoms in total. The molecule has 38 heavy (non-hydrogen) atoms. The number of anilines is 2. The van der Waals surface area contributed by atoms with E-state index < -0.39 is 16.9 Å². The Morgan fingerprint density at radius 3 is 2.53 bits per heavy atom. The van der Waals surface area contributed by atoms with E-state index in [9.17, 15) is 14.4 Å². The van der Waals surface area contributed by atoms with Crippen molar-refractivity contribution in [3.63, 3.8) is 0 Å². The number of hydrogen-bond acceptors (Lipinski definition) is 4. The molecule has 2 N–H and O–H groups in total. The summed E-state index contributed by atoms with van der Waals surface area (Å²) in [7, 11) is 0. The third-order valence-corrected chi connectivity index (χ3v) is 9.63. The summed E-state index contributed by atoms with van der Waals surface area (Å²) in [4.78, 5) is 45.7. The molecule has 0 aliphatic carbocycles. The van der Waals surface area contributed by atoms with Crippen LogP contribution in [0.2, 0.25) is 15.1 Å². The van der Waals surface area contributed by atoms with Gasteiger partial charge in [-0.1, -0.05) is 59.1 Å². The van der Waals surface area contributed by atoms with Crippen molar-refractivity contribution in [3.05, 3.63) is 91.9 Å². The smallest absolute Gasteiger partial charge is 0.251 e. The van der Waals surface area contributed by atoms with Gasteiger partial charge in [0.05, 0.1) is 21.7 Å². The monoisotopic (exact) mass is 565 g/mol.